The van der Waals surface area contributed by atoms with Gasteiger partial charge in [-0.15, -0.1) is 0 Å². The van der Waals surface area contributed by atoms with Gasteiger partial charge in [0.15, 0.2) is 11.6 Å². The summed E-state index contributed by atoms with van der Waals surface area (Å²) >= 11 is 0. The Morgan fingerprint density at radius 3 is 1.17 bits per heavy atom. The number of rotatable bonds is 38. The van der Waals surface area contributed by atoms with Crippen molar-refractivity contribution in [3.05, 3.63) is 10.4 Å². The van der Waals surface area contributed by atoms with Crippen molar-refractivity contribution in [2.45, 2.75) is 46.1 Å². The van der Waals surface area contributed by atoms with Gasteiger partial charge in [-0.2, -0.15) is 8.42 Å². The molecule has 0 bridgehead atoms. The lowest BCUT2D eigenvalue weighted by molar-refractivity contribution is -0.142. The predicted molar refractivity (Wildman–Crippen MR) is 265 cm³/mol. The summed E-state index contributed by atoms with van der Waals surface area (Å²) < 4.78 is 96.2. The molecule has 72 heavy (non-hydrogen) atoms. The van der Waals surface area contributed by atoms with E-state index < -0.39 is 22.0 Å². The molecule has 28 heteroatoms. The number of carbonyl (C=O) groups excluding carboxylic acids is 3. The molecule has 1 amide bonds. The first-order valence-electron chi connectivity index (χ1n) is 22.5. The second-order valence-electron chi connectivity index (χ2n) is 13.7. The number of methoxy groups -OCH3 is 9. The van der Waals surface area contributed by atoms with Crippen LogP contribution in [0.15, 0.2) is 5.11 Å². The highest BCUT2D eigenvalue weighted by atomic mass is 32.2. The molecule has 1 atom stereocenters. The molecule has 0 aromatic rings. The van der Waals surface area contributed by atoms with Crippen LogP contribution in [0.1, 0.15) is 40.0 Å². The van der Waals surface area contributed by atoms with Crippen molar-refractivity contribution in [2.75, 3.05) is 216 Å². The van der Waals surface area contributed by atoms with Crippen LogP contribution in [0.2, 0.25) is 0 Å². The first-order valence-corrected chi connectivity index (χ1v) is 24.3. The summed E-state index contributed by atoms with van der Waals surface area (Å²) in [5.74, 6) is -0.603. The van der Waals surface area contributed by atoms with Gasteiger partial charge in [0, 0.05) is 75.5 Å². The molecule has 27 nitrogen and oxygen atoms in total. The van der Waals surface area contributed by atoms with Crippen molar-refractivity contribution in [3.8, 4) is 0 Å². The molecule has 0 aromatic heterocycles. The zero-order valence-corrected chi connectivity index (χ0v) is 46.3. The third-order valence-electron chi connectivity index (χ3n) is 6.72. The number of carboxylic acids is 1. The maximum absolute atomic E-state index is 10.4. The number of carbonyl (C=O) groups is 4. The van der Waals surface area contributed by atoms with E-state index in [9.17, 15) is 27.6 Å². The number of hydrogen-bond donors (Lipinski definition) is 2. The first-order chi connectivity index (χ1) is 34.3. The highest BCUT2D eigenvalue weighted by Gasteiger charge is 2.20. The fourth-order valence-electron chi connectivity index (χ4n) is 2.99. The largest absolute Gasteiger partial charge is 0.480 e. The number of carboxylic acid groups (broad SMARTS) is 1. The fraction of sp³-hybridized carbons (Fsp3) is 0.909. The highest BCUT2D eigenvalue weighted by molar-refractivity contribution is 7.85. The van der Waals surface area contributed by atoms with Gasteiger partial charge >= 0.3 is 5.97 Å². The van der Waals surface area contributed by atoms with E-state index >= 15 is 0 Å². The summed E-state index contributed by atoms with van der Waals surface area (Å²) in [5, 5.41) is 19.8. The normalized spacial score (nSPS) is 11.3. The highest BCUT2D eigenvalue weighted by Crippen LogP contribution is 2.28. The Labute approximate surface area is 428 Å². The van der Waals surface area contributed by atoms with Gasteiger partial charge in [0.2, 0.25) is 5.91 Å². The van der Waals surface area contributed by atoms with Crippen molar-refractivity contribution < 1.29 is 113 Å². The van der Waals surface area contributed by atoms with Gasteiger partial charge in [0.05, 0.1) is 125 Å². The zero-order valence-electron chi connectivity index (χ0n) is 45.5. The van der Waals surface area contributed by atoms with Crippen molar-refractivity contribution in [1.29, 1.82) is 0 Å². The first kappa shape index (κ1) is 83.1. The SMILES string of the molecule is CCC(O)COCCOC.COCCOC.COCCOCC(=O)N=[N+]=[N-].COCCOCC(=O)O.COCCOCC(C)=O.COCCOCC(C)=O.COCCOCC1CC1.COCCOS(C)(=O)=O. The molecule has 0 aromatic carbocycles. The lowest BCUT2D eigenvalue weighted by Gasteiger charge is -2.07. The van der Waals surface area contributed by atoms with Crippen molar-refractivity contribution in [1.82, 2.24) is 0 Å². The standard InChI is InChI=1S/C7H16O3.C7H14O2.2C6H12O3.C5H9N3O3.C5H10O4.C4H10O4S.C4H10O2/c1-3-7(8)6-10-5-4-9-2;1-8-4-5-9-6-7-2-3-7;2*1-6(7)5-9-4-3-8-2;1-10-2-3-11-4-5(9)7-8-6;1-8-2-3-9-4-5(6)7;1-7-3-4-8-9(2,5)6;1-5-3-4-6-2/h7-8H,3-6H2,1-2H3;7H,2-6H2,1H3;2*3-5H2,1-2H3;2-4H2,1H3;2-4H2,1H3,(H,6,7);3-4H2,1-2H3;3-4H2,1-2H3. The topological polar surface area (TPSA) is 339 Å². The van der Waals surface area contributed by atoms with Crippen LogP contribution in [-0.2, 0) is 105 Å². The van der Waals surface area contributed by atoms with E-state index in [1.54, 1.807) is 42.7 Å². The van der Waals surface area contributed by atoms with E-state index in [0.717, 1.165) is 38.4 Å². The number of azide groups is 1. The molecule has 0 radical (unpaired) electrons. The molecule has 1 aliphatic carbocycles. The number of ether oxygens (including phenoxy) is 15. The van der Waals surface area contributed by atoms with Crippen LogP contribution in [0.5, 0.6) is 0 Å². The van der Waals surface area contributed by atoms with Gasteiger partial charge in [-0.1, -0.05) is 6.92 Å². The van der Waals surface area contributed by atoms with Gasteiger partial charge in [-0.3, -0.25) is 18.6 Å². The maximum atomic E-state index is 10.4. The third-order valence-corrected chi connectivity index (χ3v) is 7.31. The molecular formula is C44H93N3O24S. The summed E-state index contributed by atoms with van der Waals surface area (Å²) in [4.78, 5) is 43.0. The Balaban J connectivity index is -0.000000135. The lowest BCUT2D eigenvalue weighted by Crippen LogP contribution is -2.15. The molecule has 1 saturated carbocycles. The number of Topliss-reactive ketones (excluding diaryl/α,β-unsaturated/α-hetero) is 2. The molecule has 1 aliphatic rings. The zero-order chi connectivity index (χ0) is 56.4. The number of nitrogens with zero attached hydrogens (tertiary/aromatic N) is 3. The van der Waals surface area contributed by atoms with Crippen LogP contribution in [-0.4, -0.2) is 264 Å². The minimum atomic E-state index is -3.28. The number of aliphatic hydroxyl groups excluding tert-OH is 1. The molecule has 1 rings (SSSR count). The Hall–Kier alpha value is -2.94. The van der Waals surface area contributed by atoms with E-state index in [-0.39, 0.29) is 50.7 Å². The molecule has 0 aliphatic heterocycles. The van der Waals surface area contributed by atoms with Crippen LogP contribution in [0.3, 0.4) is 0 Å². The van der Waals surface area contributed by atoms with Crippen LogP contribution in [0.4, 0.5) is 0 Å². The van der Waals surface area contributed by atoms with E-state index in [0.29, 0.717) is 92.5 Å². The lowest BCUT2D eigenvalue weighted by atomic mass is 10.3. The maximum Gasteiger partial charge on any atom is 0.329 e. The molecule has 0 saturated heterocycles. The van der Waals surface area contributed by atoms with Crippen LogP contribution in [0, 0.1) is 5.92 Å². The Kier molecular flexibility index (Phi) is 86.0. The number of aliphatic carboxylic acids is 1. The molecular weight excluding hydrogens is 987 g/mol. The summed E-state index contributed by atoms with van der Waals surface area (Å²) in [6.07, 6.45) is 4.16. The van der Waals surface area contributed by atoms with Crippen LogP contribution in [0.25, 0.3) is 10.4 Å². The van der Waals surface area contributed by atoms with Gasteiger partial charge < -0.3 is 81.3 Å². The summed E-state index contributed by atoms with van der Waals surface area (Å²) in [7, 11) is 11.1. The van der Waals surface area contributed by atoms with Crippen molar-refractivity contribution in [3.63, 3.8) is 0 Å². The Bertz CT molecular complexity index is 1210. The second-order valence-corrected chi connectivity index (χ2v) is 15.4. The van der Waals surface area contributed by atoms with Crippen molar-refractivity contribution >= 4 is 33.6 Å². The molecule has 1 fully saturated rings. The number of hydrogen-bond acceptors (Lipinski definition) is 23. The number of aliphatic hydroxyl groups is 1. The molecule has 0 heterocycles. The van der Waals surface area contributed by atoms with Gasteiger partial charge in [-0.05, 0) is 49.7 Å². The summed E-state index contributed by atoms with van der Waals surface area (Å²) in [5.41, 5.74) is 7.80. The van der Waals surface area contributed by atoms with E-state index in [2.05, 4.69) is 52.1 Å². The average Bonchev–Trinajstić information content (AvgIpc) is 4.17. The average molecular weight is 1080 g/mol. The number of amides is 1. The minimum absolute atomic E-state index is 0.0473. The summed E-state index contributed by atoms with van der Waals surface area (Å²) in [6, 6.07) is 0. The van der Waals surface area contributed by atoms with Gasteiger partial charge in [0.25, 0.3) is 10.1 Å². The predicted octanol–water partition coefficient (Wildman–Crippen LogP) is 2.07. The Morgan fingerprint density at radius 2 is 0.861 bits per heavy atom. The molecule has 0 spiro atoms. The Morgan fingerprint density at radius 1 is 0.542 bits per heavy atom. The monoisotopic (exact) mass is 1080 g/mol. The summed E-state index contributed by atoms with van der Waals surface area (Å²) in [6.45, 7) is 14.3. The van der Waals surface area contributed by atoms with E-state index in [4.69, 9.17) is 48.9 Å². The molecule has 2 N–H and O–H groups in total. The van der Waals surface area contributed by atoms with E-state index in [1.165, 1.54) is 48.0 Å². The number of ketones is 2. The van der Waals surface area contributed by atoms with Gasteiger partial charge in [0.1, 0.15) is 26.4 Å². The molecule has 1 unspecified atom stereocenters. The smallest absolute Gasteiger partial charge is 0.329 e. The minimum Gasteiger partial charge on any atom is -0.480 e. The third kappa shape index (κ3) is 117. The van der Waals surface area contributed by atoms with Crippen LogP contribution < -0.4 is 0 Å². The van der Waals surface area contributed by atoms with Crippen molar-refractivity contribution in [2.24, 2.45) is 11.0 Å². The van der Waals surface area contributed by atoms with Gasteiger partial charge in [-0.25, -0.2) is 4.79 Å². The van der Waals surface area contributed by atoms with Crippen LogP contribution >= 0.6 is 0 Å². The fourth-order valence-corrected chi connectivity index (χ4v) is 3.36. The quantitative estimate of drug-likeness (QED) is 0.0294. The second kappa shape index (κ2) is 74.6. The molecule has 434 valence electrons. The van der Waals surface area contributed by atoms with E-state index in [1.807, 2.05) is 6.92 Å².